The van der Waals surface area contributed by atoms with Crippen molar-refractivity contribution in [3.8, 4) is 0 Å². The molecule has 0 amide bonds. The Kier molecular flexibility index (Phi) is 3.58. The molecule has 0 saturated carbocycles. The van der Waals surface area contributed by atoms with E-state index in [9.17, 15) is 4.39 Å². The Labute approximate surface area is 77.3 Å². The zero-order valence-corrected chi connectivity index (χ0v) is 7.63. The minimum atomic E-state index is -0.437. The van der Waals surface area contributed by atoms with Crippen LogP contribution in [0, 0.1) is 12.9 Å². The Morgan fingerprint density at radius 1 is 1.54 bits per heavy atom. The maximum Gasteiger partial charge on any atom is 0.213 e. The molecule has 0 spiro atoms. The lowest BCUT2D eigenvalue weighted by molar-refractivity contribution is 0.580. The molecule has 1 aromatic rings. The molecule has 0 saturated heterocycles. The molecule has 0 aliphatic heterocycles. The quantitative estimate of drug-likeness (QED) is 0.721. The molecule has 1 heterocycles. The molecule has 0 aliphatic carbocycles. The van der Waals surface area contributed by atoms with Crippen LogP contribution < -0.4 is 5.73 Å². The van der Waals surface area contributed by atoms with E-state index in [-0.39, 0.29) is 0 Å². The predicted molar refractivity (Wildman–Crippen MR) is 51.6 cm³/mol. The van der Waals surface area contributed by atoms with E-state index >= 15 is 0 Å². The van der Waals surface area contributed by atoms with Crippen molar-refractivity contribution >= 4 is 6.08 Å². The summed E-state index contributed by atoms with van der Waals surface area (Å²) in [5.41, 5.74) is 6.97. The molecule has 0 bridgehead atoms. The second kappa shape index (κ2) is 4.72. The maximum absolute atomic E-state index is 12.6. The van der Waals surface area contributed by atoms with Gasteiger partial charge in [0.25, 0.3) is 0 Å². The zero-order valence-electron chi connectivity index (χ0n) is 7.63. The number of aromatic nitrogens is 1. The molecule has 0 aromatic carbocycles. The third-order valence-electron chi connectivity index (χ3n) is 1.72. The van der Waals surface area contributed by atoms with Crippen LogP contribution >= 0.6 is 0 Å². The van der Waals surface area contributed by atoms with Gasteiger partial charge in [-0.25, -0.2) is 4.98 Å². The number of aryl methyl sites for hydroxylation is 1. The fourth-order valence-electron chi connectivity index (χ4n) is 1.02. The highest BCUT2D eigenvalue weighted by Crippen LogP contribution is 2.08. The van der Waals surface area contributed by atoms with Gasteiger partial charge in [0.1, 0.15) is 0 Å². The van der Waals surface area contributed by atoms with Crippen molar-refractivity contribution in [3.63, 3.8) is 0 Å². The summed E-state index contributed by atoms with van der Waals surface area (Å²) < 4.78 is 12.6. The molecular weight excluding hydrogens is 167 g/mol. The molecule has 1 aromatic heterocycles. The van der Waals surface area contributed by atoms with E-state index in [1.807, 2.05) is 12.2 Å². The van der Waals surface area contributed by atoms with E-state index in [0.717, 1.165) is 12.0 Å². The highest BCUT2D eigenvalue weighted by atomic mass is 19.1. The Hall–Kier alpha value is -1.22. The van der Waals surface area contributed by atoms with Crippen molar-refractivity contribution in [1.82, 2.24) is 4.98 Å². The molecule has 70 valence electrons. The lowest BCUT2D eigenvalue weighted by Crippen LogP contribution is -1.95. The van der Waals surface area contributed by atoms with Crippen LogP contribution in [-0.4, -0.2) is 11.5 Å². The van der Waals surface area contributed by atoms with E-state index in [1.54, 1.807) is 13.0 Å². The smallest absolute Gasteiger partial charge is 0.213 e. The molecule has 2 nitrogen and oxygen atoms in total. The second-order valence-electron chi connectivity index (χ2n) is 2.79. The van der Waals surface area contributed by atoms with Crippen LogP contribution in [0.4, 0.5) is 4.39 Å². The first-order valence-electron chi connectivity index (χ1n) is 4.24. The normalized spacial score (nSPS) is 11.0. The number of halogens is 1. The summed E-state index contributed by atoms with van der Waals surface area (Å²) in [6.07, 6.45) is 4.70. The number of hydrogen-bond donors (Lipinski definition) is 1. The highest BCUT2D eigenvalue weighted by molar-refractivity contribution is 5.51. The van der Waals surface area contributed by atoms with Crippen molar-refractivity contribution in [2.45, 2.75) is 13.3 Å². The number of rotatable bonds is 3. The van der Waals surface area contributed by atoms with Crippen molar-refractivity contribution in [2.75, 3.05) is 6.54 Å². The van der Waals surface area contributed by atoms with Crippen LogP contribution in [0.15, 0.2) is 18.2 Å². The molecule has 0 unspecified atom stereocenters. The molecule has 13 heavy (non-hydrogen) atoms. The van der Waals surface area contributed by atoms with E-state index in [2.05, 4.69) is 4.98 Å². The average molecular weight is 180 g/mol. The third-order valence-corrected chi connectivity index (χ3v) is 1.72. The number of nitrogens with zero attached hydrogens (tertiary/aromatic N) is 1. The van der Waals surface area contributed by atoms with Gasteiger partial charge in [-0.15, -0.1) is 0 Å². The summed E-state index contributed by atoms with van der Waals surface area (Å²) in [4.78, 5) is 3.70. The van der Waals surface area contributed by atoms with E-state index in [4.69, 9.17) is 5.73 Å². The molecule has 0 aliphatic rings. The van der Waals surface area contributed by atoms with Crippen LogP contribution in [0.2, 0.25) is 0 Å². The SMILES string of the molecule is Cc1nc(F)ccc1C=CCCN. The standard InChI is InChI=1S/C10H13FN2/c1-8-9(4-2-3-7-12)5-6-10(11)13-8/h2,4-6H,3,7,12H2,1H3. The van der Waals surface area contributed by atoms with Gasteiger partial charge in [-0.1, -0.05) is 12.2 Å². The molecule has 2 N–H and O–H groups in total. The van der Waals surface area contributed by atoms with Crippen molar-refractivity contribution in [2.24, 2.45) is 5.73 Å². The topological polar surface area (TPSA) is 38.9 Å². The van der Waals surface area contributed by atoms with Gasteiger partial charge in [-0.2, -0.15) is 4.39 Å². The lowest BCUT2D eigenvalue weighted by atomic mass is 10.2. The molecule has 3 heteroatoms. The second-order valence-corrected chi connectivity index (χ2v) is 2.79. The van der Waals surface area contributed by atoms with Gasteiger partial charge in [0.2, 0.25) is 5.95 Å². The largest absolute Gasteiger partial charge is 0.330 e. The van der Waals surface area contributed by atoms with Gasteiger partial charge in [-0.3, -0.25) is 0 Å². The Bertz CT molecular complexity index is 308. The van der Waals surface area contributed by atoms with Crippen LogP contribution in [0.25, 0.3) is 6.08 Å². The predicted octanol–water partition coefficient (Wildman–Crippen LogP) is 1.89. The van der Waals surface area contributed by atoms with Gasteiger partial charge >= 0.3 is 0 Å². The fraction of sp³-hybridized carbons (Fsp3) is 0.300. The molecule has 0 radical (unpaired) electrons. The van der Waals surface area contributed by atoms with Crippen LogP contribution in [0.3, 0.4) is 0 Å². The van der Waals surface area contributed by atoms with Gasteiger partial charge in [-0.05, 0) is 37.6 Å². The van der Waals surface area contributed by atoms with Crippen molar-refractivity contribution in [3.05, 3.63) is 35.4 Å². The van der Waals surface area contributed by atoms with Gasteiger partial charge in [0.05, 0.1) is 0 Å². The number of hydrogen-bond acceptors (Lipinski definition) is 2. The summed E-state index contributed by atoms with van der Waals surface area (Å²) in [5, 5.41) is 0. The summed E-state index contributed by atoms with van der Waals surface area (Å²) in [7, 11) is 0. The molecule has 0 atom stereocenters. The van der Waals surface area contributed by atoms with E-state index in [0.29, 0.717) is 12.2 Å². The number of pyridine rings is 1. The molecule has 0 fully saturated rings. The average Bonchev–Trinajstić information content (AvgIpc) is 2.09. The first-order chi connectivity index (χ1) is 6.24. The monoisotopic (exact) mass is 180 g/mol. The minimum absolute atomic E-state index is 0.437. The van der Waals surface area contributed by atoms with E-state index in [1.165, 1.54) is 6.07 Å². The Morgan fingerprint density at radius 3 is 2.92 bits per heavy atom. The van der Waals surface area contributed by atoms with Crippen molar-refractivity contribution < 1.29 is 4.39 Å². The first kappa shape index (κ1) is 9.86. The summed E-state index contributed by atoms with van der Waals surface area (Å²) in [5.74, 6) is -0.437. The highest BCUT2D eigenvalue weighted by Gasteiger charge is 1.96. The maximum atomic E-state index is 12.6. The third kappa shape index (κ3) is 2.95. The molecular formula is C10H13FN2. The fourth-order valence-corrected chi connectivity index (χ4v) is 1.02. The van der Waals surface area contributed by atoms with Gasteiger partial charge < -0.3 is 5.73 Å². The zero-order chi connectivity index (χ0) is 9.68. The minimum Gasteiger partial charge on any atom is -0.330 e. The van der Waals surface area contributed by atoms with Gasteiger partial charge in [0.15, 0.2) is 0 Å². The van der Waals surface area contributed by atoms with E-state index < -0.39 is 5.95 Å². The summed E-state index contributed by atoms with van der Waals surface area (Å²) in [6, 6.07) is 3.07. The van der Waals surface area contributed by atoms with Crippen LogP contribution in [0.5, 0.6) is 0 Å². The Balaban J connectivity index is 2.77. The van der Waals surface area contributed by atoms with Crippen molar-refractivity contribution in [1.29, 1.82) is 0 Å². The Morgan fingerprint density at radius 2 is 2.31 bits per heavy atom. The van der Waals surface area contributed by atoms with Gasteiger partial charge in [0, 0.05) is 5.69 Å². The first-order valence-corrected chi connectivity index (χ1v) is 4.24. The lowest BCUT2D eigenvalue weighted by Gasteiger charge is -1.98. The summed E-state index contributed by atoms with van der Waals surface area (Å²) in [6.45, 7) is 2.41. The number of nitrogens with two attached hydrogens (primary N) is 1. The van der Waals surface area contributed by atoms with Crippen LogP contribution in [0.1, 0.15) is 17.7 Å². The van der Waals surface area contributed by atoms with Crippen LogP contribution in [-0.2, 0) is 0 Å². The summed E-state index contributed by atoms with van der Waals surface area (Å²) >= 11 is 0. The molecule has 1 rings (SSSR count).